The van der Waals surface area contributed by atoms with Crippen molar-refractivity contribution in [1.29, 1.82) is 0 Å². The molecule has 2 N–H and O–H groups in total. The number of rotatable bonds is 4. The second-order valence-corrected chi connectivity index (χ2v) is 7.12. The van der Waals surface area contributed by atoms with Gasteiger partial charge in [0.2, 0.25) is 0 Å². The summed E-state index contributed by atoms with van der Waals surface area (Å²) >= 11 is 1.74. The van der Waals surface area contributed by atoms with E-state index in [2.05, 4.69) is 13.0 Å². The normalized spacial score (nSPS) is 26.1. The smallest absolute Gasteiger partial charge is 0.120 e. The molecule has 0 spiro atoms. The highest BCUT2D eigenvalue weighted by Crippen LogP contribution is 2.41. The van der Waals surface area contributed by atoms with Crippen molar-refractivity contribution >= 4 is 21.6 Å². The molecule has 0 amide bonds. The summed E-state index contributed by atoms with van der Waals surface area (Å²) in [5.41, 5.74) is 7.50. The Hall–Kier alpha value is -1.13. The van der Waals surface area contributed by atoms with Gasteiger partial charge in [-0.1, -0.05) is 13.3 Å². The Morgan fingerprint density at radius 1 is 1.33 bits per heavy atom. The number of thiazole rings is 1. The molecule has 1 aromatic carbocycles. The van der Waals surface area contributed by atoms with Gasteiger partial charge < -0.3 is 10.5 Å². The van der Waals surface area contributed by atoms with Gasteiger partial charge in [0.25, 0.3) is 0 Å². The van der Waals surface area contributed by atoms with Crippen molar-refractivity contribution in [2.45, 2.75) is 51.5 Å². The van der Waals surface area contributed by atoms with E-state index >= 15 is 0 Å². The van der Waals surface area contributed by atoms with E-state index in [1.807, 2.05) is 19.1 Å². The van der Waals surface area contributed by atoms with E-state index in [4.69, 9.17) is 15.5 Å². The zero-order valence-electron chi connectivity index (χ0n) is 12.9. The molecule has 1 aromatic heterocycles. The van der Waals surface area contributed by atoms with Crippen LogP contribution in [0.15, 0.2) is 18.2 Å². The average Bonchev–Trinajstić information content (AvgIpc) is 2.92. The van der Waals surface area contributed by atoms with E-state index in [1.165, 1.54) is 24.0 Å². The summed E-state index contributed by atoms with van der Waals surface area (Å²) in [7, 11) is 0. The average molecular weight is 304 g/mol. The number of nitrogens with zero attached hydrogens (tertiary/aromatic N) is 1. The van der Waals surface area contributed by atoms with Gasteiger partial charge in [0, 0.05) is 0 Å². The number of hydrogen-bond donors (Lipinski definition) is 1. The molecular formula is C17H24N2OS. The van der Waals surface area contributed by atoms with E-state index in [0.29, 0.717) is 6.61 Å². The second-order valence-electron chi connectivity index (χ2n) is 6.09. The number of hydrogen-bond acceptors (Lipinski definition) is 4. The SMILES string of the molecule is CCOc1ccc2nc(C3(N)CCC(CC)CC3)sc2c1. The van der Waals surface area contributed by atoms with Crippen molar-refractivity contribution in [2.24, 2.45) is 11.7 Å². The van der Waals surface area contributed by atoms with Crippen LogP contribution in [-0.4, -0.2) is 11.6 Å². The van der Waals surface area contributed by atoms with Crippen molar-refractivity contribution in [1.82, 2.24) is 4.98 Å². The predicted octanol–water partition coefficient (Wildman–Crippen LogP) is 4.45. The van der Waals surface area contributed by atoms with Crippen LogP contribution in [0, 0.1) is 5.92 Å². The molecule has 1 aliphatic rings. The Balaban J connectivity index is 1.86. The molecule has 2 aromatic rings. The molecular weight excluding hydrogens is 280 g/mol. The van der Waals surface area contributed by atoms with Crippen LogP contribution in [0.1, 0.15) is 51.0 Å². The van der Waals surface area contributed by atoms with Gasteiger partial charge in [-0.3, -0.25) is 0 Å². The standard InChI is InChI=1S/C17H24N2OS/c1-3-12-7-9-17(18,10-8-12)16-19-14-6-5-13(20-4-2)11-15(14)21-16/h5-6,11-12H,3-4,7-10,18H2,1-2H3. The maximum absolute atomic E-state index is 6.67. The highest BCUT2D eigenvalue weighted by atomic mass is 32.1. The number of benzene rings is 1. The third kappa shape index (κ3) is 2.92. The van der Waals surface area contributed by atoms with Gasteiger partial charge in [0.05, 0.1) is 22.4 Å². The summed E-state index contributed by atoms with van der Waals surface area (Å²) in [6, 6.07) is 6.12. The molecule has 1 heterocycles. The van der Waals surface area contributed by atoms with Crippen LogP contribution in [0.4, 0.5) is 0 Å². The molecule has 0 bridgehead atoms. The Kier molecular flexibility index (Phi) is 4.18. The zero-order valence-corrected chi connectivity index (χ0v) is 13.7. The molecule has 3 rings (SSSR count). The summed E-state index contributed by atoms with van der Waals surface area (Å²) in [5.74, 6) is 1.77. The van der Waals surface area contributed by atoms with Crippen LogP contribution in [0.25, 0.3) is 10.2 Å². The third-order valence-electron chi connectivity index (χ3n) is 4.67. The molecule has 0 unspecified atom stereocenters. The maximum atomic E-state index is 6.67. The molecule has 21 heavy (non-hydrogen) atoms. The van der Waals surface area contributed by atoms with Crippen LogP contribution < -0.4 is 10.5 Å². The molecule has 0 radical (unpaired) electrons. The second kappa shape index (κ2) is 5.93. The van der Waals surface area contributed by atoms with Gasteiger partial charge in [-0.2, -0.15) is 0 Å². The fraction of sp³-hybridized carbons (Fsp3) is 0.588. The minimum absolute atomic E-state index is 0.221. The van der Waals surface area contributed by atoms with E-state index in [1.54, 1.807) is 11.3 Å². The topological polar surface area (TPSA) is 48.1 Å². The van der Waals surface area contributed by atoms with Gasteiger partial charge in [-0.25, -0.2) is 4.98 Å². The van der Waals surface area contributed by atoms with Gasteiger partial charge in [-0.05, 0) is 56.7 Å². The molecule has 114 valence electrons. The van der Waals surface area contributed by atoms with Crippen LogP contribution in [0.2, 0.25) is 0 Å². The lowest BCUT2D eigenvalue weighted by molar-refractivity contribution is 0.231. The van der Waals surface area contributed by atoms with Crippen molar-refractivity contribution in [3.05, 3.63) is 23.2 Å². The Labute approximate surface area is 130 Å². The highest BCUT2D eigenvalue weighted by molar-refractivity contribution is 7.18. The first-order valence-corrected chi connectivity index (χ1v) is 8.79. The van der Waals surface area contributed by atoms with Crippen molar-refractivity contribution in [3.8, 4) is 5.75 Å². The molecule has 1 saturated carbocycles. The van der Waals surface area contributed by atoms with Crippen LogP contribution >= 0.6 is 11.3 Å². The summed E-state index contributed by atoms with van der Waals surface area (Å²) in [5, 5.41) is 1.10. The van der Waals surface area contributed by atoms with Gasteiger partial charge >= 0.3 is 0 Å². The van der Waals surface area contributed by atoms with Gasteiger partial charge in [0.15, 0.2) is 0 Å². The van der Waals surface area contributed by atoms with Crippen molar-refractivity contribution < 1.29 is 4.74 Å². The fourth-order valence-corrected chi connectivity index (χ4v) is 4.34. The van der Waals surface area contributed by atoms with Crippen LogP contribution in [0.3, 0.4) is 0 Å². The predicted molar refractivity (Wildman–Crippen MR) is 88.9 cm³/mol. The molecule has 3 nitrogen and oxygen atoms in total. The number of ether oxygens (including phenoxy) is 1. The summed E-state index contributed by atoms with van der Waals surface area (Å²) in [6.07, 6.45) is 5.85. The van der Waals surface area contributed by atoms with E-state index in [9.17, 15) is 0 Å². The number of fused-ring (bicyclic) bond motifs is 1. The van der Waals surface area contributed by atoms with Gasteiger partial charge in [-0.15, -0.1) is 11.3 Å². The third-order valence-corrected chi connectivity index (χ3v) is 5.91. The largest absolute Gasteiger partial charge is 0.494 e. The molecule has 1 aliphatic carbocycles. The molecule has 0 atom stereocenters. The molecule has 0 saturated heterocycles. The summed E-state index contributed by atoms with van der Waals surface area (Å²) in [4.78, 5) is 4.80. The first-order valence-electron chi connectivity index (χ1n) is 7.97. The van der Waals surface area contributed by atoms with Crippen LogP contribution in [0.5, 0.6) is 5.75 Å². The number of nitrogens with two attached hydrogens (primary N) is 1. The van der Waals surface area contributed by atoms with Crippen LogP contribution in [-0.2, 0) is 5.54 Å². The number of aromatic nitrogens is 1. The summed E-state index contributed by atoms with van der Waals surface area (Å²) < 4.78 is 6.75. The minimum atomic E-state index is -0.221. The Bertz CT molecular complexity index is 614. The van der Waals surface area contributed by atoms with E-state index in [0.717, 1.165) is 35.0 Å². The Morgan fingerprint density at radius 3 is 2.76 bits per heavy atom. The first-order chi connectivity index (χ1) is 10.1. The molecule has 0 aliphatic heterocycles. The zero-order chi connectivity index (χ0) is 14.9. The molecule has 4 heteroatoms. The molecule has 1 fully saturated rings. The maximum Gasteiger partial charge on any atom is 0.120 e. The lowest BCUT2D eigenvalue weighted by Crippen LogP contribution is -2.40. The lowest BCUT2D eigenvalue weighted by atomic mass is 9.76. The Morgan fingerprint density at radius 2 is 2.10 bits per heavy atom. The monoisotopic (exact) mass is 304 g/mol. The van der Waals surface area contributed by atoms with E-state index in [-0.39, 0.29) is 5.54 Å². The minimum Gasteiger partial charge on any atom is -0.494 e. The highest BCUT2D eigenvalue weighted by Gasteiger charge is 2.35. The lowest BCUT2D eigenvalue weighted by Gasteiger charge is -2.35. The fourth-order valence-electron chi connectivity index (χ4n) is 3.19. The van der Waals surface area contributed by atoms with Crippen molar-refractivity contribution in [2.75, 3.05) is 6.61 Å². The first kappa shape index (κ1) is 14.8. The summed E-state index contributed by atoms with van der Waals surface area (Å²) in [6.45, 7) is 4.97. The quantitative estimate of drug-likeness (QED) is 0.908. The van der Waals surface area contributed by atoms with E-state index < -0.39 is 0 Å². The van der Waals surface area contributed by atoms with Crippen molar-refractivity contribution in [3.63, 3.8) is 0 Å². The van der Waals surface area contributed by atoms with Gasteiger partial charge in [0.1, 0.15) is 10.8 Å².